The van der Waals surface area contributed by atoms with Crippen molar-refractivity contribution in [3.05, 3.63) is 65.7 Å². The normalized spacial score (nSPS) is 13.1. The second-order valence-electron chi connectivity index (χ2n) is 5.55. The molecule has 124 valence electrons. The van der Waals surface area contributed by atoms with Crippen LogP contribution in [0.2, 0.25) is 0 Å². The van der Waals surface area contributed by atoms with Gasteiger partial charge in [-0.05, 0) is 37.2 Å². The minimum absolute atomic E-state index is 0.205. The first-order valence-corrected chi connectivity index (χ1v) is 7.39. The SMILES string of the molecule is CC(c1ccccc1)N(C)Cc1cccc(OCC(F)(F)F)c1. The third-order valence-electron chi connectivity index (χ3n) is 3.68. The number of nitrogens with zero attached hydrogens (tertiary/aromatic N) is 1. The molecule has 0 saturated carbocycles. The fourth-order valence-corrected chi connectivity index (χ4v) is 2.31. The van der Waals surface area contributed by atoms with Gasteiger partial charge in [0.1, 0.15) is 5.75 Å². The van der Waals surface area contributed by atoms with Gasteiger partial charge in [0.2, 0.25) is 0 Å². The van der Waals surface area contributed by atoms with E-state index >= 15 is 0 Å². The molecule has 0 bridgehead atoms. The molecule has 2 aromatic rings. The van der Waals surface area contributed by atoms with Crippen molar-refractivity contribution in [2.45, 2.75) is 25.7 Å². The molecule has 1 atom stereocenters. The van der Waals surface area contributed by atoms with Crippen molar-refractivity contribution < 1.29 is 17.9 Å². The van der Waals surface area contributed by atoms with Gasteiger partial charge in [0.05, 0.1) is 0 Å². The van der Waals surface area contributed by atoms with Gasteiger partial charge in [-0.2, -0.15) is 13.2 Å². The van der Waals surface area contributed by atoms with Crippen LogP contribution in [0.5, 0.6) is 5.75 Å². The van der Waals surface area contributed by atoms with Gasteiger partial charge >= 0.3 is 6.18 Å². The molecule has 1 unspecified atom stereocenters. The number of hydrogen-bond acceptors (Lipinski definition) is 2. The van der Waals surface area contributed by atoms with E-state index in [1.807, 2.05) is 31.3 Å². The zero-order valence-corrected chi connectivity index (χ0v) is 13.2. The van der Waals surface area contributed by atoms with Crippen LogP contribution in [0.1, 0.15) is 24.1 Å². The summed E-state index contributed by atoms with van der Waals surface area (Å²) in [6.45, 7) is 1.45. The van der Waals surface area contributed by atoms with Crippen LogP contribution < -0.4 is 4.74 Å². The molecule has 0 aliphatic heterocycles. The first-order valence-electron chi connectivity index (χ1n) is 7.39. The van der Waals surface area contributed by atoms with E-state index in [1.54, 1.807) is 12.1 Å². The summed E-state index contributed by atoms with van der Waals surface area (Å²) in [4.78, 5) is 2.14. The second kappa shape index (κ2) is 7.51. The van der Waals surface area contributed by atoms with Crippen LogP contribution in [0.25, 0.3) is 0 Å². The van der Waals surface area contributed by atoms with Gasteiger partial charge < -0.3 is 4.74 Å². The first kappa shape index (κ1) is 17.3. The van der Waals surface area contributed by atoms with Crippen LogP contribution in [0.3, 0.4) is 0 Å². The van der Waals surface area contributed by atoms with Crippen molar-refractivity contribution in [1.29, 1.82) is 0 Å². The Morgan fingerprint density at radius 3 is 2.39 bits per heavy atom. The highest BCUT2D eigenvalue weighted by Crippen LogP contribution is 2.23. The topological polar surface area (TPSA) is 12.5 Å². The first-order chi connectivity index (χ1) is 10.8. The summed E-state index contributed by atoms with van der Waals surface area (Å²) >= 11 is 0. The molecule has 0 aliphatic carbocycles. The van der Waals surface area contributed by atoms with Gasteiger partial charge in [0.15, 0.2) is 6.61 Å². The molecule has 0 heterocycles. The fourth-order valence-electron chi connectivity index (χ4n) is 2.31. The maximum atomic E-state index is 12.2. The van der Waals surface area contributed by atoms with Crippen LogP contribution in [0.4, 0.5) is 13.2 Å². The third-order valence-corrected chi connectivity index (χ3v) is 3.68. The largest absolute Gasteiger partial charge is 0.484 e. The van der Waals surface area contributed by atoms with E-state index in [-0.39, 0.29) is 11.8 Å². The molecule has 23 heavy (non-hydrogen) atoms. The lowest BCUT2D eigenvalue weighted by Gasteiger charge is -2.25. The molecule has 0 spiro atoms. The number of halogens is 3. The quantitative estimate of drug-likeness (QED) is 0.755. The average Bonchev–Trinajstić information content (AvgIpc) is 2.53. The predicted octanol–water partition coefficient (Wildman–Crippen LogP) is 4.82. The maximum absolute atomic E-state index is 12.2. The number of benzene rings is 2. The zero-order valence-electron chi connectivity index (χ0n) is 13.2. The average molecular weight is 323 g/mol. The van der Waals surface area contributed by atoms with E-state index < -0.39 is 12.8 Å². The van der Waals surface area contributed by atoms with Gasteiger partial charge in [0.25, 0.3) is 0 Å². The molecule has 0 fully saturated rings. The Morgan fingerprint density at radius 2 is 1.74 bits per heavy atom. The molecule has 2 rings (SSSR count). The lowest BCUT2D eigenvalue weighted by atomic mass is 10.1. The standard InChI is InChI=1S/C18H20F3NO/c1-14(16-8-4-3-5-9-16)22(2)12-15-7-6-10-17(11-15)23-13-18(19,20)21/h3-11,14H,12-13H2,1-2H3. The summed E-state index contributed by atoms with van der Waals surface area (Å²) < 4.78 is 41.4. The summed E-state index contributed by atoms with van der Waals surface area (Å²) in [5, 5.41) is 0. The van der Waals surface area contributed by atoms with Crippen molar-refractivity contribution in [3.63, 3.8) is 0 Å². The molecule has 2 aromatic carbocycles. The minimum Gasteiger partial charge on any atom is -0.484 e. The van der Waals surface area contributed by atoms with Crippen molar-refractivity contribution in [3.8, 4) is 5.75 Å². The smallest absolute Gasteiger partial charge is 0.422 e. The van der Waals surface area contributed by atoms with Gasteiger partial charge in [0, 0.05) is 12.6 Å². The number of hydrogen-bond donors (Lipinski definition) is 0. The Balaban J connectivity index is 1.99. The molecule has 0 aliphatic rings. The minimum atomic E-state index is -4.32. The highest BCUT2D eigenvalue weighted by molar-refractivity contribution is 5.29. The van der Waals surface area contributed by atoms with Gasteiger partial charge in [-0.3, -0.25) is 4.90 Å². The Bertz CT molecular complexity index is 613. The van der Waals surface area contributed by atoms with Crippen LogP contribution in [0.15, 0.2) is 54.6 Å². The van der Waals surface area contributed by atoms with Crippen molar-refractivity contribution in [2.75, 3.05) is 13.7 Å². The molecular formula is C18H20F3NO. The molecule has 0 aromatic heterocycles. The van der Waals surface area contributed by atoms with E-state index in [2.05, 4.69) is 24.0 Å². The monoisotopic (exact) mass is 323 g/mol. The number of rotatable bonds is 6. The zero-order chi connectivity index (χ0) is 16.9. The fraction of sp³-hybridized carbons (Fsp3) is 0.333. The molecule has 5 heteroatoms. The third kappa shape index (κ3) is 5.60. The Morgan fingerprint density at radius 1 is 1.04 bits per heavy atom. The van der Waals surface area contributed by atoms with Gasteiger partial charge in [-0.25, -0.2) is 0 Å². The summed E-state index contributed by atoms with van der Waals surface area (Å²) in [6, 6.07) is 17.1. The molecule has 0 amide bonds. The van der Waals surface area contributed by atoms with Crippen molar-refractivity contribution in [2.24, 2.45) is 0 Å². The number of alkyl halides is 3. The Kier molecular flexibility index (Phi) is 5.66. The van der Waals surface area contributed by atoms with E-state index in [0.29, 0.717) is 6.54 Å². The Hall–Kier alpha value is -2.01. The second-order valence-corrected chi connectivity index (χ2v) is 5.55. The molecule has 0 N–H and O–H groups in total. The van der Waals surface area contributed by atoms with E-state index in [0.717, 1.165) is 5.56 Å². The van der Waals surface area contributed by atoms with E-state index in [1.165, 1.54) is 11.6 Å². The van der Waals surface area contributed by atoms with Crippen molar-refractivity contribution >= 4 is 0 Å². The lowest BCUT2D eigenvalue weighted by Crippen LogP contribution is -2.22. The van der Waals surface area contributed by atoms with Gasteiger partial charge in [-0.15, -0.1) is 0 Å². The highest BCUT2D eigenvalue weighted by atomic mass is 19.4. The summed E-state index contributed by atoms with van der Waals surface area (Å²) in [5.41, 5.74) is 2.11. The van der Waals surface area contributed by atoms with Crippen LogP contribution in [0, 0.1) is 0 Å². The van der Waals surface area contributed by atoms with Crippen molar-refractivity contribution in [1.82, 2.24) is 4.90 Å². The van der Waals surface area contributed by atoms with Crippen LogP contribution in [-0.4, -0.2) is 24.7 Å². The van der Waals surface area contributed by atoms with E-state index in [9.17, 15) is 13.2 Å². The summed E-state index contributed by atoms with van der Waals surface area (Å²) in [7, 11) is 1.99. The summed E-state index contributed by atoms with van der Waals surface area (Å²) in [6.07, 6.45) is -4.32. The predicted molar refractivity (Wildman–Crippen MR) is 84.3 cm³/mol. The highest BCUT2D eigenvalue weighted by Gasteiger charge is 2.28. The Labute approximate surface area is 134 Å². The molecule has 0 radical (unpaired) electrons. The summed E-state index contributed by atoms with van der Waals surface area (Å²) in [5.74, 6) is 0.237. The molecule has 0 saturated heterocycles. The lowest BCUT2D eigenvalue weighted by molar-refractivity contribution is -0.153. The molecule has 2 nitrogen and oxygen atoms in total. The van der Waals surface area contributed by atoms with Gasteiger partial charge in [-0.1, -0.05) is 42.5 Å². The number of ether oxygens (including phenoxy) is 1. The molecular weight excluding hydrogens is 303 g/mol. The maximum Gasteiger partial charge on any atom is 0.422 e. The van der Waals surface area contributed by atoms with E-state index in [4.69, 9.17) is 4.74 Å². The van der Waals surface area contributed by atoms with Crippen LogP contribution >= 0.6 is 0 Å². The van der Waals surface area contributed by atoms with Crippen LogP contribution in [-0.2, 0) is 6.54 Å².